The van der Waals surface area contributed by atoms with Gasteiger partial charge in [0, 0.05) is 12.5 Å². The summed E-state index contributed by atoms with van der Waals surface area (Å²) in [5.74, 6) is 12.5. The van der Waals surface area contributed by atoms with E-state index < -0.39 is 0 Å². The first-order chi connectivity index (χ1) is 6.86. The van der Waals surface area contributed by atoms with E-state index in [1.54, 1.807) is 0 Å². The van der Waals surface area contributed by atoms with Crippen LogP contribution in [0, 0.1) is 17.8 Å². The van der Waals surface area contributed by atoms with E-state index in [-0.39, 0.29) is 0 Å². The van der Waals surface area contributed by atoms with Crippen molar-refractivity contribution in [2.24, 2.45) is 11.8 Å². The van der Waals surface area contributed by atoms with Gasteiger partial charge in [0.2, 0.25) is 0 Å². The molecule has 2 nitrogen and oxygen atoms in total. The van der Waals surface area contributed by atoms with E-state index in [0.29, 0.717) is 6.04 Å². The second kappa shape index (κ2) is 6.86. The molecule has 0 bridgehead atoms. The topological polar surface area (TPSA) is 38.0 Å². The summed E-state index contributed by atoms with van der Waals surface area (Å²) in [6.45, 7) is 1.89. The Hall–Kier alpha value is -0.520. The van der Waals surface area contributed by atoms with Crippen molar-refractivity contribution in [3.63, 3.8) is 0 Å². The fourth-order valence-corrected chi connectivity index (χ4v) is 2.29. The Kier molecular flexibility index (Phi) is 5.66. The van der Waals surface area contributed by atoms with Crippen LogP contribution in [-0.2, 0) is 0 Å². The Bertz CT molecular complexity index is 196. The van der Waals surface area contributed by atoms with Gasteiger partial charge in [0.1, 0.15) is 0 Å². The van der Waals surface area contributed by atoms with E-state index in [0.717, 1.165) is 18.8 Å². The molecule has 1 atom stereocenters. The summed E-state index contributed by atoms with van der Waals surface area (Å²) in [4.78, 5) is 0. The monoisotopic (exact) mass is 194 g/mol. The van der Waals surface area contributed by atoms with Crippen LogP contribution < -0.4 is 11.3 Å². The van der Waals surface area contributed by atoms with Gasteiger partial charge < -0.3 is 0 Å². The van der Waals surface area contributed by atoms with Crippen LogP contribution in [0.5, 0.6) is 0 Å². The molecule has 1 fully saturated rings. The Morgan fingerprint density at radius 3 is 2.71 bits per heavy atom. The zero-order chi connectivity index (χ0) is 10.2. The maximum absolute atomic E-state index is 5.53. The summed E-state index contributed by atoms with van der Waals surface area (Å²) >= 11 is 0. The van der Waals surface area contributed by atoms with E-state index in [2.05, 4.69) is 17.3 Å². The highest BCUT2D eigenvalue weighted by Crippen LogP contribution is 2.29. The average Bonchev–Trinajstić information content (AvgIpc) is 2.69. The summed E-state index contributed by atoms with van der Waals surface area (Å²) in [7, 11) is 0. The van der Waals surface area contributed by atoms with Crippen LogP contribution in [0.4, 0.5) is 0 Å². The molecule has 14 heavy (non-hydrogen) atoms. The highest BCUT2D eigenvalue weighted by atomic mass is 15.2. The predicted octanol–water partition coefficient (Wildman–Crippen LogP) is 2.20. The molecule has 0 aromatic rings. The number of nitrogens with two attached hydrogens (primary N) is 1. The van der Waals surface area contributed by atoms with Crippen molar-refractivity contribution in [2.75, 3.05) is 0 Å². The summed E-state index contributed by atoms with van der Waals surface area (Å²) in [5, 5.41) is 0. The van der Waals surface area contributed by atoms with Crippen LogP contribution in [0.3, 0.4) is 0 Å². The molecule has 0 aliphatic heterocycles. The smallest absolute Gasteiger partial charge is 0.0222 e. The number of hydrogen-bond acceptors (Lipinski definition) is 2. The third kappa shape index (κ3) is 4.13. The van der Waals surface area contributed by atoms with Gasteiger partial charge in [0.15, 0.2) is 0 Å². The first-order valence-electron chi connectivity index (χ1n) is 5.72. The van der Waals surface area contributed by atoms with Gasteiger partial charge in [-0.25, -0.2) is 0 Å². The van der Waals surface area contributed by atoms with Gasteiger partial charge in [-0.05, 0) is 25.7 Å². The molecule has 1 unspecified atom stereocenters. The second-order valence-electron chi connectivity index (χ2n) is 4.22. The maximum atomic E-state index is 5.53. The van der Waals surface area contributed by atoms with Crippen LogP contribution in [-0.4, -0.2) is 6.04 Å². The lowest BCUT2D eigenvalue weighted by Gasteiger charge is -2.18. The second-order valence-corrected chi connectivity index (χ2v) is 4.22. The maximum Gasteiger partial charge on any atom is 0.0222 e. The van der Waals surface area contributed by atoms with E-state index in [1.807, 2.05) is 6.92 Å². The lowest BCUT2D eigenvalue weighted by molar-refractivity contribution is 0.378. The largest absolute Gasteiger partial charge is 0.271 e. The van der Waals surface area contributed by atoms with Crippen molar-refractivity contribution >= 4 is 0 Å². The zero-order valence-corrected chi connectivity index (χ0v) is 9.18. The van der Waals surface area contributed by atoms with E-state index in [1.165, 1.54) is 32.1 Å². The molecule has 80 valence electrons. The molecule has 0 spiro atoms. The quantitative estimate of drug-likeness (QED) is 0.400. The number of hydrogen-bond donors (Lipinski definition) is 2. The third-order valence-electron chi connectivity index (χ3n) is 3.12. The molecule has 1 aliphatic rings. The van der Waals surface area contributed by atoms with Gasteiger partial charge in [-0.3, -0.25) is 11.3 Å². The summed E-state index contributed by atoms with van der Waals surface area (Å²) in [6.07, 6.45) is 8.93. The number of hydrazine groups is 1. The van der Waals surface area contributed by atoms with Gasteiger partial charge >= 0.3 is 0 Å². The summed E-state index contributed by atoms with van der Waals surface area (Å²) in [5.41, 5.74) is 2.92. The van der Waals surface area contributed by atoms with Gasteiger partial charge in [-0.15, -0.1) is 11.8 Å². The van der Waals surface area contributed by atoms with Crippen molar-refractivity contribution in [2.45, 2.75) is 57.9 Å². The van der Waals surface area contributed by atoms with Crippen molar-refractivity contribution < 1.29 is 0 Å². The number of rotatable bonds is 5. The normalized spacial score (nSPS) is 19.0. The highest BCUT2D eigenvalue weighted by Gasteiger charge is 2.18. The molecule has 0 aromatic heterocycles. The minimum atomic E-state index is 0.471. The molecule has 0 amide bonds. The Balaban J connectivity index is 2.18. The van der Waals surface area contributed by atoms with Crippen molar-refractivity contribution in [1.82, 2.24) is 5.43 Å². The van der Waals surface area contributed by atoms with Gasteiger partial charge in [-0.1, -0.05) is 25.7 Å². The minimum absolute atomic E-state index is 0.471. The van der Waals surface area contributed by atoms with Crippen LogP contribution in [0.1, 0.15) is 51.9 Å². The number of nitrogens with one attached hydrogen (secondary N) is 1. The summed E-state index contributed by atoms with van der Waals surface area (Å²) in [6, 6.07) is 0.471. The summed E-state index contributed by atoms with van der Waals surface area (Å²) < 4.78 is 0. The third-order valence-corrected chi connectivity index (χ3v) is 3.12. The molecule has 0 saturated heterocycles. The molecule has 3 N–H and O–H groups in total. The van der Waals surface area contributed by atoms with Crippen molar-refractivity contribution in [1.29, 1.82) is 0 Å². The first-order valence-corrected chi connectivity index (χ1v) is 5.72. The van der Waals surface area contributed by atoms with Crippen LogP contribution >= 0.6 is 0 Å². The lowest BCUT2D eigenvalue weighted by atomic mass is 9.96. The van der Waals surface area contributed by atoms with Crippen LogP contribution in [0.2, 0.25) is 0 Å². The van der Waals surface area contributed by atoms with Crippen LogP contribution in [0.25, 0.3) is 0 Å². The molecule has 1 saturated carbocycles. The SMILES string of the molecule is CC#CCCC(CC1CCCC1)NN. The van der Waals surface area contributed by atoms with E-state index in [4.69, 9.17) is 5.84 Å². The van der Waals surface area contributed by atoms with Gasteiger partial charge in [-0.2, -0.15) is 0 Å². The molecular formula is C12H22N2. The standard InChI is InChI=1S/C12H22N2/c1-2-3-4-9-12(14-13)10-11-7-5-6-8-11/h11-12,14H,4-10,13H2,1H3. The van der Waals surface area contributed by atoms with Gasteiger partial charge in [0.05, 0.1) is 0 Å². The molecule has 0 aromatic carbocycles. The zero-order valence-electron chi connectivity index (χ0n) is 9.18. The Labute approximate surface area is 87.6 Å². The molecular weight excluding hydrogens is 172 g/mol. The highest BCUT2D eigenvalue weighted by molar-refractivity contribution is 4.95. The van der Waals surface area contributed by atoms with E-state index in [9.17, 15) is 0 Å². The first kappa shape index (κ1) is 11.6. The molecule has 1 rings (SSSR count). The molecule has 0 radical (unpaired) electrons. The van der Waals surface area contributed by atoms with Crippen molar-refractivity contribution in [3.05, 3.63) is 0 Å². The average molecular weight is 194 g/mol. The van der Waals surface area contributed by atoms with E-state index >= 15 is 0 Å². The van der Waals surface area contributed by atoms with Crippen LogP contribution in [0.15, 0.2) is 0 Å². The molecule has 1 aliphatic carbocycles. The molecule has 2 heteroatoms. The molecule has 0 heterocycles. The Morgan fingerprint density at radius 1 is 1.43 bits per heavy atom. The predicted molar refractivity (Wildman–Crippen MR) is 60.4 cm³/mol. The fourth-order valence-electron chi connectivity index (χ4n) is 2.29. The Morgan fingerprint density at radius 2 is 2.14 bits per heavy atom. The fraction of sp³-hybridized carbons (Fsp3) is 0.833. The lowest BCUT2D eigenvalue weighted by Crippen LogP contribution is -2.36. The van der Waals surface area contributed by atoms with Crippen molar-refractivity contribution in [3.8, 4) is 11.8 Å². The van der Waals surface area contributed by atoms with Gasteiger partial charge in [0.25, 0.3) is 0 Å². The minimum Gasteiger partial charge on any atom is -0.271 e.